The molecule has 0 spiro atoms. The van der Waals surface area contributed by atoms with Crippen molar-refractivity contribution in [1.82, 2.24) is 9.55 Å². The molecule has 6 heteroatoms. The zero-order valence-electron chi connectivity index (χ0n) is 18.3. The van der Waals surface area contributed by atoms with Crippen LogP contribution in [-0.4, -0.2) is 15.8 Å². The lowest BCUT2D eigenvalue weighted by atomic mass is 9.55. The third-order valence-electron chi connectivity index (χ3n) is 7.14. The molecule has 1 aromatic heterocycles. The highest BCUT2D eigenvalue weighted by Crippen LogP contribution is 2.58. The zero-order valence-corrected chi connectivity index (χ0v) is 19.1. The quantitative estimate of drug-likeness (QED) is 0.453. The summed E-state index contributed by atoms with van der Waals surface area (Å²) in [6, 6.07) is 19.4. The Morgan fingerprint density at radius 1 is 1.03 bits per heavy atom. The van der Waals surface area contributed by atoms with Gasteiger partial charge in [0.25, 0.3) is 0 Å². The summed E-state index contributed by atoms with van der Waals surface area (Å²) in [6.07, 6.45) is 3.52. The van der Waals surface area contributed by atoms with Crippen molar-refractivity contribution in [2.75, 3.05) is 0 Å². The predicted molar refractivity (Wildman–Crippen MR) is 125 cm³/mol. The molecule has 0 saturated carbocycles. The molecule has 0 aliphatic heterocycles. The van der Waals surface area contributed by atoms with E-state index in [1.807, 2.05) is 16.7 Å². The van der Waals surface area contributed by atoms with Gasteiger partial charge in [-0.25, -0.2) is 4.98 Å². The number of aryl methyl sites for hydroxylation is 1. The summed E-state index contributed by atoms with van der Waals surface area (Å²) in [5, 5.41) is 20.2. The predicted octanol–water partition coefficient (Wildman–Crippen LogP) is 5.61. The van der Waals surface area contributed by atoms with Crippen LogP contribution < -0.4 is 0 Å². The Kier molecular flexibility index (Phi) is 5.52. The number of aldehydes is 1. The number of fused-ring (bicyclic) bond motifs is 1. The van der Waals surface area contributed by atoms with Gasteiger partial charge in [-0.15, -0.1) is 0 Å². The van der Waals surface area contributed by atoms with Gasteiger partial charge in [0.15, 0.2) is 11.4 Å². The molecule has 3 aliphatic carbocycles. The standard InChI is InChI=1S/C27H23ClN4O/c1-2-3-8-24-31-27(28)23(15-33)32(24)14-16-9-10-19-20(11-16)26-18-7-5-4-6-17(18)25(19)21(12-29)22(26)13-30/h4-7,9-11,15,21-22,25-26H,2-3,8,14H2,1H3/t21-,22-,25+,26+/m0/s1. The van der Waals surface area contributed by atoms with E-state index in [0.29, 0.717) is 12.2 Å². The van der Waals surface area contributed by atoms with E-state index in [0.717, 1.165) is 59.2 Å². The molecule has 3 aliphatic rings. The fourth-order valence-corrected chi connectivity index (χ4v) is 5.91. The van der Waals surface area contributed by atoms with Crippen LogP contribution in [0.3, 0.4) is 0 Å². The summed E-state index contributed by atoms with van der Waals surface area (Å²) in [4.78, 5) is 16.2. The van der Waals surface area contributed by atoms with Crippen molar-refractivity contribution in [3.63, 3.8) is 0 Å². The van der Waals surface area contributed by atoms with Crippen LogP contribution in [0.15, 0.2) is 42.5 Å². The number of carbonyl (C=O) groups is 1. The van der Waals surface area contributed by atoms with Crippen LogP contribution in [0.5, 0.6) is 0 Å². The second-order valence-electron chi connectivity index (χ2n) is 8.87. The SMILES string of the molecule is CCCCc1nc(Cl)c(C=O)n1Cc1ccc2c(c1)[C@H]1c3ccccc3[C@H]2[C@@H](C#N)[C@@H]1C#N. The number of unbranched alkanes of at least 4 members (excludes halogenated alkanes) is 1. The van der Waals surface area contributed by atoms with Gasteiger partial charge in [0.2, 0.25) is 0 Å². The molecule has 4 atom stereocenters. The van der Waals surface area contributed by atoms with Crippen molar-refractivity contribution in [3.8, 4) is 12.1 Å². The number of nitrogens with zero attached hydrogens (tertiary/aromatic N) is 4. The van der Waals surface area contributed by atoms with Crippen molar-refractivity contribution in [1.29, 1.82) is 10.5 Å². The number of benzene rings is 2. The topological polar surface area (TPSA) is 82.5 Å². The fraction of sp³-hybridized carbons (Fsp3) is 0.333. The van der Waals surface area contributed by atoms with Crippen LogP contribution in [0.2, 0.25) is 5.15 Å². The molecule has 0 unspecified atom stereocenters. The molecule has 33 heavy (non-hydrogen) atoms. The van der Waals surface area contributed by atoms with E-state index in [1.165, 1.54) is 0 Å². The molecule has 6 rings (SSSR count). The Balaban J connectivity index is 1.60. The van der Waals surface area contributed by atoms with Gasteiger partial charge < -0.3 is 4.57 Å². The molecule has 5 nitrogen and oxygen atoms in total. The largest absolute Gasteiger partial charge is 0.320 e. The molecular weight excluding hydrogens is 432 g/mol. The summed E-state index contributed by atoms with van der Waals surface area (Å²) in [7, 11) is 0. The minimum atomic E-state index is -0.383. The summed E-state index contributed by atoms with van der Waals surface area (Å²) < 4.78 is 1.90. The lowest BCUT2D eigenvalue weighted by Crippen LogP contribution is -2.38. The van der Waals surface area contributed by atoms with Crippen molar-refractivity contribution in [2.45, 2.75) is 44.6 Å². The highest BCUT2D eigenvalue weighted by molar-refractivity contribution is 6.31. The first kappa shape index (κ1) is 21.4. The van der Waals surface area contributed by atoms with E-state index in [9.17, 15) is 15.3 Å². The summed E-state index contributed by atoms with van der Waals surface area (Å²) >= 11 is 6.26. The van der Waals surface area contributed by atoms with Crippen molar-refractivity contribution in [3.05, 3.63) is 87.0 Å². The first-order valence-corrected chi connectivity index (χ1v) is 11.7. The van der Waals surface area contributed by atoms with E-state index < -0.39 is 0 Å². The van der Waals surface area contributed by atoms with Gasteiger partial charge in [-0.3, -0.25) is 4.79 Å². The highest BCUT2D eigenvalue weighted by atomic mass is 35.5. The van der Waals surface area contributed by atoms with E-state index >= 15 is 0 Å². The minimum absolute atomic E-state index is 0.0989. The molecule has 0 fully saturated rings. The second-order valence-corrected chi connectivity index (χ2v) is 9.23. The number of nitriles is 2. The molecule has 0 N–H and O–H groups in total. The van der Waals surface area contributed by atoms with E-state index in [2.05, 4.69) is 54.4 Å². The Hall–Kier alpha value is -3.41. The van der Waals surface area contributed by atoms with Crippen LogP contribution in [0, 0.1) is 34.5 Å². The van der Waals surface area contributed by atoms with E-state index in [1.54, 1.807) is 0 Å². The number of halogens is 1. The Bertz CT molecular complexity index is 1330. The Morgan fingerprint density at radius 2 is 1.67 bits per heavy atom. The normalized spacial score (nSPS) is 22.2. The summed E-state index contributed by atoms with van der Waals surface area (Å²) in [6.45, 7) is 2.60. The lowest BCUT2D eigenvalue weighted by Gasteiger charge is -2.46. The van der Waals surface area contributed by atoms with E-state index in [4.69, 9.17) is 11.6 Å². The summed E-state index contributed by atoms with van der Waals surface area (Å²) in [5.41, 5.74) is 5.97. The summed E-state index contributed by atoms with van der Waals surface area (Å²) in [5.74, 6) is -0.160. The average molecular weight is 455 g/mol. The van der Waals surface area contributed by atoms with Gasteiger partial charge in [-0.05, 0) is 34.2 Å². The second kappa shape index (κ2) is 8.50. The van der Waals surface area contributed by atoms with Crippen LogP contribution in [0.1, 0.15) is 75.7 Å². The first-order valence-electron chi connectivity index (χ1n) is 11.3. The maximum Gasteiger partial charge on any atom is 0.169 e. The molecule has 0 amide bonds. The monoisotopic (exact) mass is 454 g/mol. The number of hydrogen-bond donors (Lipinski definition) is 0. The van der Waals surface area contributed by atoms with Gasteiger partial charge in [0.05, 0.1) is 24.0 Å². The minimum Gasteiger partial charge on any atom is -0.320 e. The molecule has 0 saturated heterocycles. The lowest BCUT2D eigenvalue weighted by molar-refractivity contribution is 0.111. The molecule has 0 radical (unpaired) electrons. The van der Waals surface area contributed by atoms with Gasteiger partial charge in [0.1, 0.15) is 11.5 Å². The van der Waals surface area contributed by atoms with Crippen molar-refractivity contribution < 1.29 is 4.79 Å². The maximum atomic E-state index is 11.7. The number of hydrogen-bond acceptors (Lipinski definition) is 4. The molecule has 1 heterocycles. The van der Waals surface area contributed by atoms with Crippen molar-refractivity contribution >= 4 is 17.9 Å². The Labute approximate surface area is 198 Å². The maximum absolute atomic E-state index is 11.7. The number of imidazole rings is 1. The van der Waals surface area contributed by atoms with Gasteiger partial charge >= 0.3 is 0 Å². The van der Waals surface area contributed by atoms with Crippen molar-refractivity contribution in [2.24, 2.45) is 11.8 Å². The van der Waals surface area contributed by atoms with Crippen LogP contribution >= 0.6 is 11.6 Å². The third-order valence-corrected chi connectivity index (χ3v) is 7.42. The molecule has 2 bridgehead atoms. The molecule has 2 aromatic carbocycles. The molecule has 3 aromatic rings. The van der Waals surface area contributed by atoms with E-state index in [-0.39, 0.29) is 28.8 Å². The van der Waals surface area contributed by atoms with Gasteiger partial charge in [-0.1, -0.05) is 67.4 Å². The highest BCUT2D eigenvalue weighted by Gasteiger charge is 2.50. The zero-order chi connectivity index (χ0) is 23.1. The van der Waals surface area contributed by atoms with Crippen LogP contribution in [-0.2, 0) is 13.0 Å². The Morgan fingerprint density at radius 3 is 2.27 bits per heavy atom. The van der Waals surface area contributed by atoms with Crippen LogP contribution in [0.25, 0.3) is 0 Å². The first-order chi connectivity index (χ1) is 16.1. The fourth-order valence-electron chi connectivity index (χ4n) is 5.66. The van der Waals surface area contributed by atoms with Gasteiger partial charge in [-0.2, -0.15) is 10.5 Å². The number of rotatable bonds is 6. The van der Waals surface area contributed by atoms with Gasteiger partial charge in [0, 0.05) is 24.8 Å². The third kappa shape index (κ3) is 3.27. The van der Waals surface area contributed by atoms with Crippen LogP contribution in [0.4, 0.5) is 0 Å². The molecule has 164 valence electrons. The smallest absolute Gasteiger partial charge is 0.169 e. The number of aromatic nitrogens is 2. The average Bonchev–Trinajstić information content (AvgIpc) is 3.15. The number of carbonyl (C=O) groups excluding carboxylic acids is 1. The molecular formula is C27H23ClN4O.